The van der Waals surface area contributed by atoms with E-state index in [1.807, 2.05) is 11.3 Å². The Morgan fingerprint density at radius 2 is 1.24 bits per heavy atom. The molecule has 0 spiro atoms. The highest BCUT2D eigenvalue weighted by Crippen LogP contribution is 2.61. The van der Waals surface area contributed by atoms with Gasteiger partial charge in [-0.05, 0) is 156 Å². The molecule has 0 saturated heterocycles. The fourth-order valence-electron chi connectivity index (χ4n) is 12.4. The number of fused-ring (bicyclic) bond motifs is 7. The average Bonchev–Trinajstić information content (AvgIpc) is 3.64. The Morgan fingerprint density at radius 1 is 0.608 bits per heavy atom. The van der Waals surface area contributed by atoms with Crippen LogP contribution < -0.4 is 4.90 Å². The maximum absolute atomic E-state index is 2.54. The molecule has 6 aliphatic carbocycles. The zero-order valence-electron chi connectivity index (χ0n) is 30.3. The molecule has 1 aromatic heterocycles. The highest BCUT2D eigenvalue weighted by molar-refractivity contribution is 7.26. The highest BCUT2D eigenvalue weighted by Gasteiger charge is 2.51. The first-order valence-electron chi connectivity index (χ1n) is 20.0. The number of hydrogen-bond acceptors (Lipinski definition) is 2. The molecule has 0 N–H and O–H groups in total. The Hall–Kier alpha value is -3.88. The first kappa shape index (κ1) is 30.7. The molecule has 2 heteroatoms. The van der Waals surface area contributed by atoms with Gasteiger partial charge in [-0.15, -0.1) is 11.3 Å². The lowest BCUT2D eigenvalue weighted by molar-refractivity contribution is -0.00518. The highest BCUT2D eigenvalue weighted by atomic mass is 32.1. The molecule has 12 rings (SSSR count). The predicted octanol–water partition coefficient (Wildman–Crippen LogP) is 14.3. The van der Waals surface area contributed by atoms with Gasteiger partial charge < -0.3 is 4.90 Å². The van der Waals surface area contributed by atoms with E-state index in [2.05, 4.69) is 122 Å². The monoisotopic (exact) mass is 683 g/mol. The van der Waals surface area contributed by atoms with Crippen LogP contribution in [0, 0.1) is 17.8 Å². The minimum atomic E-state index is -0.0973. The molecule has 0 atom stereocenters. The largest absolute Gasteiger partial charge is 0.310 e. The molecule has 6 aliphatic rings. The molecular weight excluding hydrogens is 635 g/mol. The zero-order valence-corrected chi connectivity index (χ0v) is 31.1. The summed E-state index contributed by atoms with van der Waals surface area (Å²) >= 11 is 1.97. The summed E-state index contributed by atoms with van der Waals surface area (Å²) < 4.78 is 2.83. The van der Waals surface area contributed by atoms with Crippen LogP contribution in [0.15, 0.2) is 103 Å². The van der Waals surface area contributed by atoms with Gasteiger partial charge in [-0.2, -0.15) is 0 Å². The smallest absolute Gasteiger partial charge is 0.0465 e. The van der Waals surface area contributed by atoms with Gasteiger partial charge in [-0.1, -0.05) is 93.8 Å². The van der Waals surface area contributed by atoms with Gasteiger partial charge in [0.25, 0.3) is 0 Å². The maximum Gasteiger partial charge on any atom is 0.0465 e. The van der Waals surface area contributed by atoms with Crippen LogP contribution in [0.3, 0.4) is 0 Å². The Balaban J connectivity index is 1.01. The molecule has 5 saturated carbocycles. The van der Waals surface area contributed by atoms with Crippen LogP contribution >= 0.6 is 11.3 Å². The molecule has 0 amide bonds. The Morgan fingerprint density at radius 3 is 1.94 bits per heavy atom. The van der Waals surface area contributed by atoms with Crippen molar-refractivity contribution in [1.29, 1.82) is 0 Å². The number of rotatable bonds is 5. The van der Waals surface area contributed by atoms with E-state index in [0.29, 0.717) is 11.3 Å². The summed E-state index contributed by atoms with van der Waals surface area (Å²) in [6.45, 7) is 4.91. The van der Waals surface area contributed by atoms with Crippen molar-refractivity contribution in [3.05, 3.63) is 125 Å². The summed E-state index contributed by atoms with van der Waals surface area (Å²) in [4.78, 5) is 2.54. The second-order valence-electron chi connectivity index (χ2n) is 17.8. The van der Waals surface area contributed by atoms with E-state index in [4.69, 9.17) is 0 Å². The van der Waals surface area contributed by atoms with E-state index in [1.165, 1.54) is 136 Å². The van der Waals surface area contributed by atoms with E-state index in [1.54, 1.807) is 5.56 Å². The van der Waals surface area contributed by atoms with Crippen molar-refractivity contribution in [2.24, 2.45) is 17.8 Å². The minimum Gasteiger partial charge on any atom is -0.310 e. The summed E-state index contributed by atoms with van der Waals surface area (Å²) in [5, 5.41) is 2.78. The van der Waals surface area contributed by atoms with Crippen LogP contribution in [0.1, 0.15) is 113 Å². The van der Waals surface area contributed by atoms with Crippen molar-refractivity contribution in [2.75, 3.05) is 4.90 Å². The van der Waals surface area contributed by atoms with Gasteiger partial charge >= 0.3 is 0 Å². The molecule has 0 radical (unpaired) electrons. The van der Waals surface area contributed by atoms with Gasteiger partial charge in [0.1, 0.15) is 0 Å². The molecule has 1 nitrogen and oxygen atoms in total. The third kappa shape index (κ3) is 4.71. The number of nitrogens with zero attached hydrogens (tertiary/aromatic N) is 1. The van der Waals surface area contributed by atoms with E-state index in [9.17, 15) is 0 Å². The third-order valence-electron chi connectivity index (χ3n) is 14.4. The molecule has 51 heavy (non-hydrogen) atoms. The first-order valence-corrected chi connectivity index (χ1v) is 20.9. The third-order valence-corrected chi connectivity index (χ3v) is 15.6. The standard InChI is InChI=1S/C49H49NS/c1-48(2)44-27-39(20-21-40(44)42-22-23-43-41-10-6-7-11-45(41)51-47(43)46(42)48)50(37-16-12-35(13-17-37)34-8-4-3-5-9-34)38-18-14-36(15-19-38)49-28-31-24-32(29-49)26-33(25-31)30-49/h6-7,10-23,27,31-34H,3-5,8-9,24-26,28-30H2,1-2H3. The van der Waals surface area contributed by atoms with Gasteiger partial charge in [0, 0.05) is 42.6 Å². The lowest BCUT2D eigenvalue weighted by Gasteiger charge is -2.57. The van der Waals surface area contributed by atoms with Gasteiger partial charge in [0.15, 0.2) is 0 Å². The van der Waals surface area contributed by atoms with E-state index in [-0.39, 0.29) is 5.41 Å². The lowest BCUT2D eigenvalue weighted by atomic mass is 9.48. The summed E-state index contributed by atoms with van der Waals surface area (Å²) in [5.41, 5.74) is 13.0. The van der Waals surface area contributed by atoms with E-state index < -0.39 is 0 Å². The molecule has 256 valence electrons. The van der Waals surface area contributed by atoms with Gasteiger partial charge in [0.2, 0.25) is 0 Å². The summed E-state index contributed by atoms with van der Waals surface area (Å²) in [6, 6.07) is 40.7. The van der Waals surface area contributed by atoms with E-state index in [0.717, 1.165) is 17.8 Å². The van der Waals surface area contributed by atoms with Crippen molar-refractivity contribution in [3.63, 3.8) is 0 Å². The summed E-state index contributed by atoms with van der Waals surface area (Å²) in [6.07, 6.45) is 15.5. The topological polar surface area (TPSA) is 3.24 Å². The number of hydrogen-bond donors (Lipinski definition) is 0. The van der Waals surface area contributed by atoms with E-state index >= 15 is 0 Å². The zero-order chi connectivity index (χ0) is 33.9. The molecular formula is C49H49NS. The normalized spacial score (nSPS) is 26.1. The van der Waals surface area contributed by atoms with Gasteiger partial charge in [0.05, 0.1) is 0 Å². The molecule has 5 fully saturated rings. The molecule has 0 aliphatic heterocycles. The van der Waals surface area contributed by atoms with Crippen LogP contribution in [-0.4, -0.2) is 0 Å². The van der Waals surface area contributed by atoms with Crippen LogP contribution in [0.4, 0.5) is 17.1 Å². The van der Waals surface area contributed by atoms with Crippen molar-refractivity contribution >= 4 is 48.6 Å². The Kier molecular flexibility index (Phi) is 6.81. The maximum atomic E-state index is 2.54. The molecule has 1 heterocycles. The molecule has 0 unspecified atom stereocenters. The van der Waals surface area contributed by atoms with Crippen molar-refractivity contribution in [3.8, 4) is 11.1 Å². The second kappa shape index (κ2) is 11.3. The number of anilines is 3. The van der Waals surface area contributed by atoms with Crippen LogP contribution in [-0.2, 0) is 10.8 Å². The Labute approximate surface area is 307 Å². The van der Waals surface area contributed by atoms with Crippen LogP contribution in [0.2, 0.25) is 0 Å². The SMILES string of the molecule is CC1(C)c2cc(N(c3ccc(C4CCCCC4)cc3)c3ccc(C45CC6CC(CC(C6)C4)C5)cc3)ccc2-c2ccc3c(sc4ccccc43)c21. The van der Waals surface area contributed by atoms with Gasteiger partial charge in [-0.25, -0.2) is 0 Å². The van der Waals surface area contributed by atoms with Crippen molar-refractivity contribution in [2.45, 2.75) is 101 Å². The fraction of sp³-hybridized carbons (Fsp3) is 0.388. The van der Waals surface area contributed by atoms with Crippen molar-refractivity contribution in [1.82, 2.24) is 0 Å². The lowest BCUT2D eigenvalue weighted by Crippen LogP contribution is -2.48. The van der Waals surface area contributed by atoms with Crippen molar-refractivity contribution < 1.29 is 0 Å². The first-order chi connectivity index (χ1) is 24.9. The minimum absolute atomic E-state index is 0.0973. The summed E-state index contributed by atoms with van der Waals surface area (Å²) in [7, 11) is 0. The van der Waals surface area contributed by atoms with Gasteiger partial charge in [-0.3, -0.25) is 0 Å². The predicted molar refractivity (Wildman–Crippen MR) is 217 cm³/mol. The Bertz CT molecular complexity index is 2260. The second-order valence-corrected chi connectivity index (χ2v) is 18.9. The average molecular weight is 684 g/mol. The quantitative estimate of drug-likeness (QED) is 0.175. The van der Waals surface area contributed by atoms with Crippen LogP contribution in [0.25, 0.3) is 31.3 Å². The fourth-order valence-corrected chi connectivity index (χ4v) is 13.8. The summed E-state index contributed by atoms with van der Waals surface area (Å²) in [5.74, 6) is 3.60. The number of thiophene rings is 1. The van der Waals surface area contributed by atoms with Crippen LogP contribution in [0.5, 0.6) is 0 Å². The molecule has 4 bridgehead atoms. The molecule has 6 aromatic rings. The molecule has 5 aromatic carbocycles. The number of benzene rings is 5.